The summed E-state index contributed by atoms with van der Waals surface area (Å²) in [5, 5.41) is 3.43. The standard InChI is InChI=1S/C17H30N2O/c1-5-6-7-8-9-15(4)20-17-13-18-11-10-16(17)12-19-14(2)3/h10-11,13-15,19H,5-9,12H2,1-4H3. The molecule has 3 nitrogen and oxygen atoms in total. The first-order chi connectivity index (χ1) is 9.63. The molecule has 114 valence electrons. The van der Waals surface area contributed by atoms with Gasteiger partial charge in [-0.1, -0.05) is 40.0 Å². The number of unbranched alkanes of at least 4 members (excludes halogenated alkanes) is 3. The zero-order valence-corrected chi connectivity index (χ0v) is 13.5. The summed E-state index contributed by atoms with van der Waals surface area (Å²) in [5.74, 6) is 0.920. The Hall–Kier alpha value is -1.09. The molecule has 1 atom stereocenters. The van der Waals surface area contributed by atoms with Crippen LogP contribution in [0.3, 0.4) is 0 Å². The SMILES string of the molecule is CCCCCCC(C)Oc1cnccc1CNC(C)C. The first-order valence-electron chi connectivity index (χ1n) is 7.96. The molecule has 0 bridgehead atoms. The summed E-state index contributed by atoms with van der Waals surface area (Å²) in [4.78, 5) is 4.18. The third kappa shape index (κ3) is 6.90. The molecule has 1 N–H and O–H groups in total. The quantitative estimate of drug-likeness (QED) is 0.647. The maximum absolute atomic E-state index is 6.06. The Morgan fingerprint density at radius 3 is 2.70 bits per heavy atom. The number of hydrogen-bond acceptors (Lipinski definition) is 3. The van der Waals surface area contributed by atoms with Crippen LogP contribution in [0.1, 0.15) is 65.4 Å². The molecule has 1 aromatic rings. The first kappa shape index (κ1) is 17.0. The van der Waals surface area contributed by atoms with Crippen molar-refractivity contribution >= 4 is 0 Å². The third-order valence-electron chi connectivity index (χ3n) is 3.36. The van der Waals surface area contributed by atoms with Crippen molar-refractivity contribution in [3.8, 4) is 5.75 Å². The number of ether oxygens (including phenoxy) is 1. The predicted molar refractivity (Wildman–Crippen MR) is 85.1 cm³/mol. The lowest BCUT2D eigenvalue weighted by Gasteiger charge is -2.18. The Balaban J connectivity index is 2.45. The van der Waals surface area contributed by atoms with Crippen LogP contribution in [0.5, 0.6) is 5.75 Å². The summed E-state index contributed by atoms with van der Waals surface area (Å²) in [5.41, 5.74) is 1.19. The molecule has 0 aliphatic heterocycles. The third-order valence-corrected chi connectivity index (χ3v) is 3.36. The smallest absolute Gasteiger partial charge is 0.142 e. The molecule has 0 spiro atoms. The molecule has 0 fully saturated rings. The monoisotopic (exact) mass is 278 g/mol. The second kappa shape index (κ2) is 9.76. The van der Waals surface area contributed by atoms with Gasteiger partial charge >= 0.3 is 0 Å². The van der Waals surface area contributed by atoms with Gasteiger partial charge in [0, 0.05) is 24.3 Å². The second-order valence-electron chi connectivity index (χ2n) is 5.80. The lowest BCUT2D eigenvalue weighted by atomic mass is 10.1. The van der Waals surface area contributed by atoms with E-state index in [1.54, 1.807) is 0 Å². The molecule has 0 saturated heterocycles. The van der Waals surface area contributed by atoms with E-state index < -0.39 is 0 Å². The van der Waals surface area contributed by atoms with Gasteiger partial charge in [-0.15, -0.1) is 0 Å². The topological polar surface area (TPSA) is 34.1 Å². The molecule has 0 saturated carbocycles. The van der Waals surface area contributed by atoms with E-state index in [-0.39, 0.29) is 6.10 Å². The Morgan fingerprint density at radius 2 is 2.00 bits per heavy atom. The highest BCUT2D eigenvalue weighted by atomic mass is 16.5. The Morgan fingerprint density at radius 1 is 1.20 bits per heavy atom. The number of pyridine rings is 1. The lowest BCUT2D eigenvalue weighted by Crippen LogP contribution is -2.23. The first-order valence-corrected chi connectivity index (χ1v) is 7.96. The zero-order valence-electron chi connectivity index (χ0n) is 13.5. The van der Waals surface area contributed by atoms with Crippen molar-refractivity contribution in [2.24, 2.45) is 0 Å². The van der Waals surface area contributed by atoms with Crippen molar-refractivity contribution in [1.82, 2.24) is 10.3 Å². The van der Waals surface area contributed by atoms with Gasteiger partial charge in [0.15, 0.2) is 0 Å². The second-order valence-corrected chi connectivity index (χ2v) is 5.80. The predicted octanol–water partition coefficient (Wildman–Crippen LogP) is 4.32. The minimum absolute atomic E-state index is 0.258. The van der Waals surface area contributed by atoms with Gasteiger partial charge in [-0.05, 0) is 25.8 Å². The van der Waals surface area contributed by atoms with E-state index in [0.29, 0.717) is 6.04 Å². The van der Waals surface area contributed by atoms with Gasteiger partial charge in [0.05, 0.1) is 12.3 Å². The fourth-order valence-electron chi connectivity index (χ4n) is 2.11. The van der Waals surface area contributed by atoms with Crippen LogP contribution in [0, 0.1) is 0 Å². The van der Waals surface area contributed by atoms with Gasteiger partial charge in [0.25, 0.3) is 0 Å². The molecule has 1 heterocycles. The fourth-order valence-corrected chi connectivity index (χ4v) is 2.11. The van der Waals surface area contributed by atoms with Crippen LogP contribution in [0.25, 0.3) is 0 Å². The highest BCUT2D eigenvalue weighted by Crippen LogP contribution is 2.19. The zero-order chi connectivity index (χ0) is 14.8. The van der Waals surface area contributed by atoms with Gasteiger partial charge in [-0.25, -0.2) is 0 Å². The van der Waals surface area contributed by atoms with Crippen LogP contribution in [-0.4, -0.2) is 17.1 Å². The molecular formula is C17H30N2O. The van der Waals surface area contributed by atoms with Crippen LogP contribution in [-0.2, 0) is 6.54 Å². The summed E-state index contributed by atoms with van der Waals surface area (Å²) < 4.78 is 6.06. The molecule has 0 radical (unpaired) electrons. The van der Waals surface area contributed by atoms with Gasteiger partial charge in [-0.3, -0.25) is 4.98 Å². The summed E-state index contributed by atoms with van der Waals surface area (Å²) in [6.45, 7) is 9.52. The highest BCUT2D eigenvalue weighted by Gasteiger charge is 2.09. The number of hydrogen-bond donors (Lipinski definition) is 1. The van der Waals surface area contributed by atoms with E-state index in [0.717, 1.165) is 18.7 Å². The van der Waals surface area contributed by atoms with Crippen LogP contribution >= 0.6 is 0 Å². The van der Waals surface area contributed by atoms with Gasteiger partial charge < -0.3 is 10.1 Å². The van der Waals surface area contributed by atoms with Crippen molar-refractivity contribution < 1.29 is 4.74 Å². The normalized spacial score (nSPS) is 12.7. The van der Waals surface area contributed by atoms with E-state index >= 15 is 0 Å². The number of aromatic nitrogens is 1. The van der Waals surface area contributed by atoms with E-state index in [1.165, 1.54) is 31.2 Å². The van der Waals surface area contributed by atoms with Crippen LogP contribution in [0.2, 0.25) is 0 Å². The molecule has 0 aromatic carbocycles. The number of rotatable bonds is 10. The average Bonchev–Trinajstić information content (AvgIpc) is 2.42. The summed E-state index contributed by atoms with van der Waals surface area (Å²) >= 11 is 0. The summed E-state index contributed by atoms with van der Waals surface area (Å²) in [7, 11) is 0. The summed E-state index contributed by atoms with van der Waals surface area (Å²) in [6.07, 6.45) is 10.2. The Labute approximate surface area is 124 Å². The van der Waals surface area contributed by atoms with Crippen molar-refractivity contribution in [1.29, 1.82) is 0 Å². The molecule has 0 amide bonds. The van der Waals surface area contributed by atoms with Crippen molar-refractivity contribution in [2.75, 3.05) is 0 Å². The van der Waals surface area contributed by atoms with Crippen molar-refractivity contribution in [3.05, 3.63) is 24.0 Å². The van der Waals surface area contributed by atoms with Gasteiger partial charge in [0.1, 0.15) is 5.75 Å². The largest absolute Gasteiger partial charge is 0.489 e. The van der Waals surface area contributed by atoms with Crippen LogP contribution < -0.4 is 10.1 Å². The highest BCUT2D eigenvalue weighted by molar-refractivity contribution is 5.29. The summed E-state index contributed by atoms with van der Waals surface area (Å²) in [6, 6.07) is 2.51. The average molecular weight is 278 g/mol. The van der Waals surface area contributed by atoms with Gasteiger partial charge in [-0.2, -0.15) is 0 Å². The Bertz CT molecular complexity index is 366. The molecule has 0 aliphatic carbocycles. The molecule has 1 aromatic heterocycles. The molecule has 1 rings (SSSR count). The van der Waals surface area contributed by atoms with E-state index in [4.69, 9.17) is 4.74 Å². The van der Waals surface area contributed by atoms with E-state index in [2.05, 4.69) is 38.0 Å². The molecule has 1 unspecified atom stereocenters. The fraction of sp³-hybridized carbons (Fsp3) is 0.706. The number of nitrogens with zero attached hydrogens (tertiary/aromatic N) is 1. The maximum Gasteiger partial charge on any atom is 0.142 e. The minimum atomic E-state index is 0.258. The molecule has 20 heavy (non-hydrogen) atoms. The van der Waals surface area contributed by atoms with Crippen molar-refractivity contribution in [3.63, 3.8) is 0 Å². The molecular weight excluding hydrogens is 248 g/mol. The van der Waals surface area contributed by atoms with E-state index in [9.17, 15) is 0 Å². The molecule has 3 heteroatoms. The van der Waals surface area contributed by atoms with Gasteiger partial charge in [0.2, 0.25) is 0 Å². The minimum Gasteiger partial charge on any atom is -0.489 e. The van der Waals surface area contributed by atoms with E-state index in [1.807, 2.05) is 18.5 Å². The Kier molecular flexibility index (Phi) is 8.28. The lowest BCUT2D eigenvalue weighted by molar-refractivity contribution is 0.203. The number of nitrogens with one attached hydrogen (secondary N) is 1. The van der Waals surface area contributed by atoms with Crippen molar-refractivity contribution in [2.45, 2.75) is 78.5 Å². The van der Waals surface area contributed by atoms with Crippen LogP contribution in [0.4, 0.5) is 0 Å². The van der Waals surface area contributed by atoms with Crippen LogP contribution in [0.15, 0.2) is 18.5 Å². The molecule has 0 aliphatic rings. The maximum atomic E-state index is 6.06.